The fourth-order valence-corrected chi connectivity index (χ4v) is 3.57. The number of carbonyl (C=O) groups is 1. The van der Waals surface area contributed by atoms with Gasteiger partial charge in [-0.15, -0.1) is 11.3 Å². The summed E-state index contributed by atoms with van der Waals surface area (Å²) in [5, 5.41) is 2.76. The van der Waals surface area contributed by atoms with Gasteiger partial charge in [-0.3, -0.25) is 9.59 Å². The first kappa shape index (κ1) is 15.7. The van der Waals surface area contributed by atoms with Crippen LogP contribution < -0.4 is 10.9 Å². The van der Waals surface area contributed by atoms with E-state index >= 15 is 0 Å². The van der Waals surface area contributed by atoms with Crippen LogP contribution in [0.25, 0.3) is 11.3 Å². The smallest absolute Gasteiger partial charge is 0.261 e. The summed E-state index contributed by atoms with van der Waals surface area (Å²) in [5.74, 6) is -0.379. The topological polar surface area (TPSA) is 62.0 Å². The lowest BCUT2D eigenvalue weighted by Gasteiger charge is -2.05. The molecule has 3 aromatic rings. The predicted octanol–water partition coefficient (Wildman–Crippen LogP) is 3.80. The Morgan fingerprint density at radius 2 is 1.87 bits per heavy atom. The van der Waals surface area contributed by atoms with Crippen LogP contribution in [0.3, 0.4) is 0 Å². The number of rotatable bonds is 4. The maximum absolute atomic E-state index is 12.2. The highest BCUT2D eigenvalue weighted by Crippen LogP contribution is 2.21. The molecule has 2 N–H and O–H groups in total. The summed E-state index contributed by atoms with van der Waals surface area (Å²) in [6.07, 6.45) is 0. The molecule has 6 heteroatoms. The Kier molecular flexibility index (Phi) is 4.73. The fourth-order valence-electron chi connectivity index (χ4n) is 2.15. The SMILES string of the molecule is O=C(NCc1ccc(Br)s1)c1ccc(-c2ccccc2)[nH]c1=O. The molecule has 0 spiro atoms. The number of hydrogen-bond acceptors (Lipinski definition) is 3. The molecule has 0 bridgehead atoms. The van der Waals surface area contributed by atoms with Gasteiger partial charge in [-0.1, -0.05) is 30.3 Å². The molecular weight excluding hydrogens is 376 g/mol. The van der Waals surface area contributed by atoms with Crippen LogP contribution in [0.15, 0.2) is 63.2 Å². The summed E-state index contributed by atoms with van der Waals surface area (Å²) in [4.78, 5) is 28.1. The first-order valence-electron chi connectivity index (χ1n) is 6.94. The number of carbonyl (C=O) groups excluding carboxylic acids is 1. The molecule has 0 atom stereocenters. The third-order valence-corrected chi connectivity index (χ3v) is 4.91. The number of amides is 1. The normalized spacial score (nSPS) is 10.5. The standard InChI is InChI=1S/C17H13BrN2O2S/c18-15-9-6-12(23-15)10-19-16(21)13-7-8-14(20-17(13)22)11-4-2-1-3-5-11/h1-9H,10H2,(H,19,21)(H,20,22). The van der Waals surface area contributed by atoms with Crippen molar-refractivity contribution in [1.82, 2.24) is 10.3 Å². The number of halogens is 1. The molecule has 4 nitrogen and oxygen atoms in total. The van der Waals surface area contributed by atoms with E-state index in [2.05, 4.69) is 26.2 Å². The number of hydrogen-bond donors (Lipinski definition) is 2. The Balaban J connectivity index is 1.75. The summed E-state index contributed by atoms with van der Waals surface area (Å²) < 4.78 is 1.01. The zero-order valence-electron chi connectivity index (χ0n) is 12.0. The second-order valence-electron chi connectivity index (χ2n) is 4.87. The predicted molar refractivity (Wildman–Crippen MR) is 95.7 cm³/mol. The summed E-state index contributed by atoms with van der Waals surface area (Å²) >= 11 is 4.92. The molecule has 0 saturated carbocycles. The second kappa shape index (κ2) is 6.93. The molecule has 1 aromatic carbocycles. The highest BCUT2D eigenvalue weighted by molar-refractivity contribution is 9.11. The minimum absolute atomic E-state index is 0.111. The van der Waals surface area contributed by atoms with Crippen LogP contribution in [0.2, 0.25) is 0 Å². The van der Waals surface area contributed by atoms with Crippen molar-refractivity contribution in [1.29, 1.82) is 0 Å². The fraction of sp³-hybridized carbons (Fsp3) is 0.0588. The molecule has 0 unspecified atom stereocenters. The first-order valence-corrected chi connectivity index (χ1v) is 8.55. The maximum Gasteiger partial charge on any atom is 0.261 e. The molecular formula is C17H13BrN2O2S. The summed E-state index contributed by atoms with van der Waals surface area (Å²) in [5.41, 5.74) is 1.31. The largest absolute Gasteiger partial charge is 0.347 e. The molecule has 1 amide bonds. The van der Waals surface area contributed by atoms with Gasteiger partial charge >= 0.3 is 0 Å². The molecule has 0 aliphatic carbocycles. The number of H-pyrrole nitrogens is 1. The van der Waals surface area contributed by atoms with Crippen LogP contribution in [0, 0.1) is 0 Å². The van der Waals surface area contributed by atoms with E-state index < -0.39 is 5.56 Å². The molecule has 23 heavy (non-hydrogen) atoms. The molecule has 2 heterocycles. The molecule has 0 radical (unpaired) electrons. The van der Waals surface area contributed by atoms with Gasteiger partial charge in [-0.2, -0.15) is 0 Å². The minimum Gasteiger partial charge on any atom is -0.347 e. The van der Waals surface area contributed by atoms with Gasteiger partial charge < -0.3 is 10.3 Å². The van der Waals surface area contributed by atoms with Crippen LogP contribution in [0.5, 0.6) is 0 Å². The zero-order chi connectivity index (χ0) is 16.2. The van der Waals surface area contributed by atoms with Gasteiger partial charge in [-0.25, -0.2) is 0 Å². The van der Waals surface area contributed by atoms with Crippen molar-refractivity contribution in [2.24, 2.45) is 0 Å². The number of aromatic nitrogens is 1. The van der Waals surface area contributed by atoms with E-state index in [-0.39, 0.29) is 11.5 Å². The summed E-state index contributed by atoms with van der Waals surface area (Å²) in [7, 11) is 0. The molecule has 2 aromatic heterocycles. The molecule has 0 saturated heterocycles. The van der Waals surface area contributed by atoms with E-state index in [9.17, 15) is 9.59 Å². The first-order chi connectivity index (χ1) is 11.1. The number of thiophene rings is 1. The van der Waals surface area contributed by atoms with E-state index in [1.807, 2.05) is 42.5 Å². The van der Waals surface area contributed by atoms with E-state index in [1.165, 1.54) is 0 Å². The molecule has 0 aliphatic rings. The molecule has 0 aliphatic heterocycles. The Hall–Kier alpha value is -2.18. The molecule has 0 fully saturated rings. The molecule has 3 rings (SSSR count). The lowest BCUT2D eigenvalue weighted by molar-refractivity contribution is 0.0950. The van der Waals surface area contributed by atoms with Crippen molar-refractivity contribution in [3.05, 3.63) is 79.2 Å². The molecule has 116 valence electrons. The van der Waals surface area contributed by atoms with Gasteiger partial charge in [0.1, 0.15) is 5.56 Å². The Labute approximate surface area is 145 Å². The summed E-state index contributed by atoms with van der Waals surface area (Å²) in [6, 6.07) is 16.7. The average molecular weight is 389 g/mol. The Bertz CT molecular complexity index is 887. The van der Waals surface area contributed by atoms with Crippen molar-refractivity contribution < 1.29 is 4.79 Å². The van der Waals surface area contributed by atoms with Gasteiger partial charge in [-0.05, 0) is 45.8 Å². The monoisotopic (exact) mass is 388 g/mol. The van der Waals surface area contributed by atoms with Gasteiger partial charge in [0, 0.05) is 10.6 Å². The number of pyridine rings is 1. The van der Waals surface area contributed by atoms with Crippen molar-refractivity contribution in [2.45, 2.75) is 6.54 Å². The number of aromatic amines is 1. The van der Waals surface area contributed by atoms with E-state index in [0.717, 1.165) is 14.2 Å². The van der Waals surface area contributed by atoms with Crippen molar-refractivity contribution in [3.8, 4) is 11.3 Å². The zero-order valence-corrected chi connectivity index (χ0v) is 14.4. The third-order valence-electron chi connectivity index (χ3n) is 3.29. The highest BCUT2D eigenvalue weighted by atomic mass is 79.9. The second-order valence-corrected chi connectivity index (χ2v) is 7.42. The van der Waals surface area contributed by atoms with Crippen LogP contribution in [0.4, 0.5) is 0 Å². The van der Waals surface area contributed by atoms with E-state index in [4.69, 9.17) is 0 Å². The van der Waals surface area contributed by atoms with Crippen molar-refractivity contribution >= 4 is 33.2 Å². The Morgan fingerprint density at radius 1 is 1.09 bits per heavy atom. The maximum atomic E-state index is 12.2. The lowest BCUT2D eigenvalue weighted by Crippen LogP contribution is -2.29. The highest BCUT2D eigenvalue weighted by Gasteiger charge is 2.11. The van der Waals surface area contributed by atoms with Crippen molar-refractivity contribution in [3.63, 3.8) is 0 Å². The Morgan fingerprint density at radius 3 is 2.52 bits per heavy atom. The minimum atomic E-state index is -0.392. The average Bonchev–Trinajstić information content (AvgIpc) is 2.99. The third kappa shape index (κ3) is 3.78. The van der Waals surface area contributed by atoms with Crippen LogP contribution in [-0.4, -0.2) is 10.9 Å². The lowest BCUT2D eigenvalue weighted by atomic mass is 10.1. The van der Waals surface area contributed by atoms with Crippen LogP contribution in [0.1, 0.15) is 15.2 Å². The number of nitrogens with one attached hydrogen (secondary N) is 2. The number of benzene rings is 1. The van der Waals surface area contributed by atoms with Crippen LogP contribution >= 0.6 is 27.3 Å². The van der Waals surface area contributed by atoms with Gasteiger partial charge in [0.2, 0.25) is 0 Å². The van der Waals surface area contributed by atoms with Crippen LogP contribution in [-0.2, 0) is 6.54 Å². The summed E-state index contributed by atoms with van der Waals surface area (Å²) in [6.45, 7) is 0.398. The van der Waals surface area contributed by atoms with Crippen molar-refractivity contribution in [2.75, 3.05) is 0 Å². The van der Waals surface area contributed by atoms with Gasteiger partial charge in [0.25, 0.3) is 11.5 Å². The van der Waals surface area contributed by atoms with Gasteiger partial charge in [0.15, 0.2) is 0 Å². The quantitative estimate of drug-likeness (QED) is 0.713. The van der Waals surface area contributed by atoms with Gasteiger partial charge in [0.05, 0.1) is 10.3 Å². The van der Waals surface area contributed by atoms with E-state index in [1.54, 1.807) is 23.5 Å². The van der Waals surface area contributed by atoms with E-state index in [0.29, 0.717) is 12.2 Å².